The summed E-state index contributed by atoms with van der Waals surface area (Å²) in [4.78, 5) is 0. The predicted molar refractivity (Wildman–Crippen MR) is 60.9 cm³/mol. The SMILES string of the molecule is CCCC(C)(CC)SCC(C)C. The van der Waals surface area contributed by atoms with E-state index in [1.54, 1.807) is 0 Å². The molecule has 0 aromatic heterocycles. The van der Waals surface area contributed by atoms with Crippen molar-refractivity contribution < 1.29 is 0 Å². The molecule has 0 aliphatic rings. The van der Waals surface area contributed by atoms with Gasteiger partial charge in [0, 0.05) is 4.75 Å². The fraction of sp³-hybridized carbons (Fsp3) is 1.00. The lowest BCUT2D eigenvalue weighted by Gasteiger charge is -2.28. The second-order valence-electron chi connectivity index (χ2n) is 4.26. The molecular formula is C11H24S. The maximum absolute atomic E-state index is 2.41. The molecule has 0 N–H and O–H groups in total. The van der Waals surface area contributed by atoms with Crippen molar-refractivity contribution in [2.45, 2.75) is 58.6 Å². The summed E-state index contributed by atoms with van der Waals surface area (Å²) >= 11 is 2.16. The Balaban J connectivity index is 3.78. The Morgan fingerprint density at radius 2 is 1.83 bits per heavy atom. The summed E-state index contributed by atoms with van der Waals surface area (Å²) in [5, 5.41) is 0. The molecule has 0 spiro atoms. The first kappa shape index (κ1) is 12.3. The molecular weight excluding hydrogens is 164 g/mol. The van der Waals surface area contributed by atoms with Crippen LogP contribution in [0.5, 0.6) is 0 Å². The molecule has 1 unspecified atom stereocenters. The number of hydrogen-bond acceptors (Lipinski definition) is 1. The second-order valence-corrected chi connectivity index (χ2v) is 5.87. The molecule has 0 aliphatic heterocycles. The van der Waals surface area contributed by atoms with Crippen LogP contribution in [-0.4, -0.2) is 10.5 Å². The summed E-state index contributed by atoms with van der Waals surface area (Å²) in [6, 6.07) is 0. The molecule has 0 rings (SSSR count). The summed E-state index contributed by atoms with van der Waals surface area (Å²) in [7, 11) is 0. The Morgan fingerprint density at radius 1 is 1.25 bits per heavy atom. The third kappa shape index (κ3) is 5.08. The number of rotatable bonds is 6. The summed E-state index contributed by atoms with van der Waals surface area (Å²) in [5.74, 6) is 2.14. The normalized spacial score (nSPS) is 16.5. The van der Waals surface area contributed by atoms with Gasteiger partial charge in [0.25, 0.3) is 0 Å². The Labute approximate surface area is 82.5 Å². The van der Waals surface area contributed by atoms with E-state index in [4.69, 9.17) is 0 Å². The van der Waals surface area contributed by atoms with Crippen molar-refractivity contribution >= 4 is 11.8 Å². The van der Waals surface area contributed by atoms with E-state index < -0.39 is 0 Å². The van der Waals surface area contributed by atoms with Crippen molar-refractivity contribution in [3.63, 3.8) is 0 Å². The standard InChI is InChI=1S/C11H24S/c1-6-8-11(5,7-2)12-9-10(3)4/h10H,6-9H2,1-5H3. The van der Waals surface area contributed by atoms with Gasteiger partial charge in [-0.25, -0.2) is 0 Å². The van der Waals surface area contributed by atoms with E-state index in [1.807, 2.05) is 0 Å². The predicted octanol–water partition coefficient (Wildman–Crippen LogP) is 4.34. The Hall–Kier alpha value is 0.350. The van der Waals surface area contributed by atoms with Crippen LogP contribution in [0.3, 0.4) is 0 Å². The molecule has 0 heterocycles. The van der Waals surface area contributed by atoms with Gasteiger partial charge in [-0.1, -0.05) is 41.0 Å². The Bertz CT molecular complexity index is 110. The van der Waals surface area contributed by atoms with Crippen molar-refractivity contribution in [2.75, 3.05) is 5.75 Å². The summed E-state index contributed by atoms with van der Waals surface area (Å²) in [5.41, 5.74) is 0. The topological polar surface area (TPSA) is 0 Å². The smallest absolute Gasteiger partial charge is 0.0129 e. The van der Waals surface area contributed by atoms with E-state index in [0.717, 1.165) is 5.92 Å². The molecule has 0 radical (unpaired) electrons. The van der Waals surface area contributed by atoms with Crippen LogP contribution in [0, 0.1) is 5.92 Å². The van der Waals surface area contributed by atoms with Crippen molar-refractivity contribution in [3.8, 4) is 0 Å². The molecule has 0 saturated heterocycles. The third-order valence-corrected chi connectivity index (χ3v) is 4.31. The van der Waals surface area contributed by atoms with Crippen LogP contribution in [0.25, 0.3) is 0 Å². The van der Waals surface area contributed by atoms with Crippen molar-refractivity contribution in [3.05, 3.63) is 0 Å². The van der Waals surface area contributed by atoms with Gasteiger partial charge in [0.15, 0.2) is 0 Å². The number of hydrogen-bond donors (Lipinski definition) is 0. The zero-order valence-corrected chi connectivity index (χ0v) is 10.1. The highest BCUT2D eigenvalue weighted by molar-refractivity contribution is 8.00. The van der Waals surface area contributed by atoms with Gasteiger partial charge in [-0.2, -0.15) is 11.8 Å². The van der Waals surface area contributed by atoms with Crippen LogP contribution >= 0.6 is 11.8 Å². The van der Waals surface area contributed by atoms with E-state index in [-0.39, 0.29) is 0 Å². The van der Waals surface area contributed by atoms with E-state index in [0.29, 0.717) is 4.75 Å². The van der Waals surface area contributed by atoms with E-state index in [1.165, 1.54) is 25.0 Å². The molecule has 74 valence electrons. The van der Waals surface area contributed by atoms with Gasteiger partial charge >= 0.3 is 0 Å². The van der Waals surface area contributed by atoms with Gasteiger partial charge in [0.05, 0.1) is 0 Å². The minimum atomic E-state index is 0.541. The van der Waals surface area contributed by atoms with Crippen LogP contribution in [0.2, 0.25) is 0 Å². The maximum Gasteiger partial charge on any atom is 0.0129 e. The average molecular weight is 188 g/mol. The lowest BCUT2D eigenvalue weighted by Crippen LogP contribution is -2.19. The molecule has 0 nitrogen and oxygen atoms in total. The van der Waals surface area contributed by atoms with Crippen molar-refractivity contribution in [1.82, 2.24) is 0 Å². The molecule has 0 amide bonds. The molecule has 0 aliphatic carbocycles. The quantitative estimate of drug-likeness (QED) is 0.597. The summed E-state index contributed by atoms with van der Waals surface area (Å²) in [6.45, 7) is 11.6. The highest BCUT2D eigenvalue weighted by atomic mass is 32.2. The molecule has 1 atom stereocenters. The lowest BCUT2D eigenvalue weighted by molar-refractivity contribution is 0.557. The Morgan fingerprint density at radius 3 is 2.17 bits per heavy atom. The van der Waals surface area contributed by atoms with Crippen LogP contribution in [0.15, 0.2) is 0 Å². The van der Waals surface area contributed by atoms with Crippen molar-refractivity contribution in [1.29, 1.82) is 0 Å². The number of thioether (sulfide) groups is 1. The van der Waals surface area contributed by atoms with Crippen LogP contribution < -0.4 is 0 Å². The molecule has 0 bridgehead atoms. The highest BCUT2D eigenvalue weighted by Crippen LogP contribution is 2.34. The minimum Gasteiger partial charge on any atom is -0.155 e. The molecule has 0 saturated carbocycles. The van der Waals surface area contributed by atoms with E-state index in [9.17, 15) is 0 Å². The zero-order chi connectivity index (χ0) is 9.61. The van der Waals surface area contributed by atoms with E-state index in [2.05, 4.69) is 46.4 Å². The second kappa shape index (κ2) is 5.90. The van der Waals surface area contributed by atoms with Crippen molar-refractivity contribution in [2.24, 2.45) is 5.92 Å². The first-order valence-electron chi connectivity index (χ1n) is 5.18. The first-order chi connectivity index (χ1) is 5.54. The monoisotopic (exact) mass is 188 g/mol. The van der Waals surface area contributed by atoms with Gasteiger partial charge in [0.1, 0.15) is 0 Å². The molecule has 12 heavy (non-hydrogen) atoms. The minimum absolute atomic E-state index is 0.541. The van der Waals surface area contributed by atoms with Crippen LogP contribution in [-0.2, 0) is 0 Å². The fourth-order valence-corrected chi connectivity index (χ4v) is 2.54. The fourth-order valence-electron chi connectivity index (χ4n) is 1.25. The lowest BCUT2D eigenvalue weighted by atomic mass is 10.0. The molecule has 0 fully saturated rings. The van der Waals surface area contributed by atoms with Gasteiger partial charge in [0.2, 0.25) is 0 Å². The van der Waals surface area contributed by atoms with Gasteiger partial charge in [-0.15, -0.1) is 0 Å². The maximum atomic E-state index is 2.41. The first-order valence-corrected chi connectivity index (χ1v) is 6.16. The Kier molecular flexibility index (Phi) is 6.08. The largest absolute Gasteiger partial charge is 0.155 e. The summed E-state index contributed by atoms with van der Waals surface area (Å²) in [6.07, 6.45) is 3.98. The highest BCUT2D eigenvalue weighted by Gasteiger charge is 2.21. The summed E-state index contributed by atoms with van der Waals surface area (Å²) < 4.78 is 0.541. The third-order valence-electron chi connectivity index (χ3n) is 2.29. The van der Waals surface area contributed by atoms with Crippen LogP contribution in [0.1, 0.15) is 53.9 Å². The average Bonchev–Trinajstić information content (AvgIpc) is 2.02. The van der Waals surface area contributed by atoms with Gasteiger partial charge in [-0.05, 0) is 24.5 Å². The zero-order valence-electron chi connectivity index (χ0n) is 9.31. The molecule has 0 aromatic carbocycles. The van der Waals surface area contributed by atoms with Crippen LogP contribution in [0.4, 0.5) is 0 Å². The van der Waals surface area contributed by atoms with Gasteiger partial charge in [-0.3, -0.25) is 0 Å². The van der Waals surface area contributed by atoms with Gasteiger partial charge < -0.3 is 0 Å². The molecule has 0 aromatic rings. The van der Waals surface area contributed by atoms with E-state index >= 15 is 0 Å². The molecule has 1 heteroatoms.